The third kappa shape index (κ3) is 2.48. The third-order valence-electron chi connectivity index (χ3n) is 2.62. The molecule has 0 unspecified atom stereocenters. The fraction of sp³-hybridized carbons (Fsp3) is 0.0714. The normalized spacial score (nSPS) is 10.1. The van der Waals surface area contributed by atoms with Gasteiger partial charge in [0.25, 0.3) is 0 Å². The lowest BCUT2D eigenvalue weighted by atomic mass is 10.00. The molecule has 0 aliphatic heterocycles. The Morgan fingerprint density at radius 2 is 1.94 bits per heavy atom. The smallest absolute Gasteiger partial charge is 0.336 e. The van der Waals surface area contributed by atoms with Crippen molar-refractivity contribution in [2.24, 2.45) is 0 Å². The zero-order chi connectivity index (χ0) is 13.1. The Morgan fingerprint density at radius 3 is 2.56 bits per heavy atom. The van der Waals surface area contributed by atoms with E-state index in [4.69, 9.17) is 4.74 Å². The molecular formula is C14H11IO3. The molecule has 0 aliphatic rings. The average molecular weight is 354 g/mol. The Kier molecular flexibility index (Phi) is 3.86. The fourth-order valence-electron chi connectivity index (χ4n) is 1.76. The van der Waals surface area contributed by atoms with Crippen LogP contribution in [-0.2, 0) is 0 Å². The molecule has 2 rings (SSSR count). The van der Waals surface area contributed by atoms with Gasteiger partial charge < -0.3 is 9.84 Å². The molecule has 0 saturated carbocycles. The van der Waals surface area contributed by atoms with Gasteiger partial charge in [0.15, 0.2) is 0 Å². The first-order chi connectivity index (χ1) is 8.63. The fourth-order valence-corrected chi connectivity index (χ4v) is 2.49. The maximum Gasteiger partial charge on any atom is 0.336 e. The number of hydrogen-bond acceptors (Lipinski definition) is 2. The highest BCUT2D eigenvalue weighted by Crippen LogP contribution is 2.29. The summed E-state index contributed by atoms with van der Waals surface area (Å²) in [5.41, 5.74) is 1.89. The molecule has 92 valence electrons. The first-order valence-corrected chi connectivity index (χ1v) is 6.37. The van der Waals surface area contributed by atoms with E-state index in [0.29, 0.717) is 11.1 Å². The predicted octanol–water partition coefficient (Wildman–Crippen LogP) is 3.67. The summed E-state index contributed by atoms with van der Waals surface area (Å²) in [6.45, 7) is 0. The van der Waals surface area contributed by atoms with Gasteiger partial charge in [-0.05, 0) is 51.9 Å². The SMILES string of the molecule is COc1ccc(-c2ccccc2C(=O)O)cc1I. The van der Waals surface area contributed by atoms with Crippen LogP contribution in [0.2, 0.25) is 0 Å². The van der Waals surface area contributed by atoms with E-state index in [1.807, 2.05) is 24.3 Å². The van der Waals surface area contributed by atoms with Gasteiger partial charge in [-0.3, -0.25) is 0 Å². The van der Waals surface area contributed by atoms with Crippen LogP contribution in [0, 0.1) is 3.57 Å². The lowest BCUT2D eigenvalue weighted by Crippen LogP contribution is -1.99. The van der Waals surface area contributed by atoms with E-state index in [1.165, 1.54) is 0 Å². The molecule has 0 heterocycles. The number of methoxy groups -OCH3 is 1. The second kappa shape index (κ2) is 5.39. The minimum atomic E-state index is -0.920. The zero-order valence-corrected chi connectivity index (χ0v) is 11.8. The van der Waals surface area contributed by atoms with E-state index < -0.39 is 5.97 Å². The van der Waals surface area contributed by atoms with Crippen LogP contribution in [0.3, 0.4) is 0 Å². The maximum atomic E-state index is 11.2. The summed E-state index contributed by atoms with van der Waals surface area (Å²) >= 11 is 2.17. The molecular weight excluding hydrogens is 343 g/mol. The minimum Gasteiger partial charge on any atom is -0.496 e. The zero-order valence-electron chi connectivity index (χ0n) is 9.68. The quantitative estimate of drug-likeness (QED) is 0.856. The number of carboxylic acids is 1. The molecule has 18 heavy (non-hydrogen) atoms. The molecule has 3 nitrogen and oxygen atoms in total. The lowest BCUT2D eigenvalue weighted by molar-refractivity contribution is 0.0697. The molecule has 0 fully saturated rings. The van der Waals surface area contributed by atoms with Crippen molar-refractivity contribution in [1.82, 2.24) is 0 Å². The van der Waals surface area contributed by atoms with Gasteiger partial charge >= 0.3 is 5.97 Å². The molecule has 0 radical (unpaired) electrons. The number of aromatic carboxylic acids is 1. The molecule has 0 bridgehead atoms. The summed E-state index contributed by atoms with van der Waals surface area (Å²) in [5, 5.41) is 9.17. The number of benzene rings is 2. The number of halogens is 1. The first-order valence-electron chi connectivity index (χ1n) is 5.29. The van der Waals surface area contributed by atoms with Gasteiger partial charge in [0.2, 0.25) is 0 Å². The second-order valence-electron chi connectivity index (χ2n) is 3.70. The van der Waals surface area contributed by atoms with E-state index >= 15 is 0 Å². The summed E-state index contributed by atoms with van der Waals surface area (Å²) in [5.74, 6) is -0.136. The molecule has 2 aromatic rings. The Labute approximate surface area is 119 Å². The monoisotopic (exact) mass is 354 g/mol. The number of ether oxygens (including phenoxy) is 1. The van der Waals surface area contributed by atoms with Crippen molar-refractivity contribution < 1.29 is 14.6 Å². The molecule has 2 aromatic carbocycles. The molecule has 0 aromatic heterocycles. The average Bonchev–Trinajstić information content (AvgIpc) is 2.38. The van der Waals surface area contributed by atoms with Crippen molar-refractivity contribution in [3.05, 3.63) is 51.6 Å². The molecule has 0 atom stereocenters. The molecule has 0 amide bonds. The van der Waals surface area contributed by atoms with Gasteiger partial charge in [-0.25, -0.2) is 4.79 Å². The Bertz CT molecular complexity index is 593. The number of hydrogen-bond donors (Lipinski definition) is 1. The van der Waals surface area contributed by atoms with Crippen molar-refractivity contribution >= 4 is 28.6 Å². The van der Waals surface area contributed by atoms with Gasteiger partial charge in [-0.15, -0.1) is 0 Å². The van der Waals surface area contributed by atoms with Crippen LogP contribution in [-0.4, -0.2) is 18.2 Å². The topological polar surface area (TPSA) is 46.5 Å². The lowest BCUT2D eigenvalue weighted by Gasteiger charge is -2.09. The summed E-state index contributed by atoms with van der Waals surface area (Å²) in [4.78, 5) is 11.2. The molecule has 0 spiro atoms. The van der Waals surface area contributed by atoms with Crippen molar-refractivity contribution in [2.45, 2.75) is 0 Å². The summed E-state index contributed by atoms with van der Waals surface area (Å²) < 4.78 is 6.14. The summed E-state index contributed by atoms with van der Waals surface area (Å²) in [6.07, 6.45) is 0. The van der Waals surface area contributed by atoms with Crippen LogP contribution in [0.25, 0.3) is 11.1 Å². The van der Waals surface area contributed by atoms with Crippen LogP contribution < -0.4 is 4.74 Å². The van der Waals surface area contributed by atoms with Gasteiger partial charge in [0.05, 0.1) is 16.2 Å². The van der Waals surface area contributed by atoms with E-state index in [0.717, 1.165) is 14.9 Å². The van der Waals surface area contributed by atoms with Crippen molar-refractivity contribution in [3.63, 3.8) is 0 Å². The van der Waals surface area contributed by atoms with Crippen LogP contribution in [0.4, 0.5) is 0 Å². The van der Waals surface area contributed by atoms with E-state index in [1.54, 1.807) is 25.3 Å². The summed E-state index contributed by atoms with van der Waals surface area (Å²) in [6, 6.07) is 12.6. The highest BCUT2D eigenvalue weighted by molar-refractivity contribution is 14.1. The van der Waals surface area contributed by atoms with Crippen LogP contribution >= 0.6 is 22.6 Å². The number of carboxylic acid groups (broad SMARTS) is 1. The van der Waals surface area contributed by atoms with Gasteiger partial charge in [0, 0.05) is 0 Å². The molecule has 0 saturated heterocycles. The molecule has 4 heteroatoms. The van der Waals surface area contributed by atoms with Gasteiger partial charge in [-0.2, -0.15) is 0 Å². The molecule has 1 N–H and O–H groups in total. The van der Waals surface area contributed by atoms with Gasteiger partial charge in [0.1, 0.15) is 5.75 Å². The number of carbonyl (C=O) groups is 1. The highest BCUT2D eigenvalue weighted by atomic mass is 127. The summed E-state index contributed by atoms with van der Waals surface area (Å²) in [7, 11) is 1.61. The number of rotatable bonds is 3. The Morgan fingerprint density at radius 1 is 1.22 bits per heavy atom. The van der Waals surface area contributed by atoms with Crippen LogP contribution in [0.1, 0.15) is 10.4 Å². The molecule has 0 aliphatic carbocycles. The van der Waals surface area contributed by atoms with E-state index in [2.05, 4.69) is 22.6 Å². The van der Waals surface area contributed by atoms with Gasteiger partial charge in [-0.1, -0.05) is 24.3 Å². The Balaban J connectivity index is 2.55. The highest BCUT2D eigenvalue weighted by Gasteiger charge is 2.11. The van der Waals surface area contributed by atoms with Crippen molar-refractivity contribution in [1.29, 1.82) is 0 Å². The second-order valence-corrected chi connectivity index (χ2v) is 4.86. The van der Waals surface area contributed by atoms with Crippen molar-refractivity contribution in [3.8, 4) is 16.9 Å². The standard InChI is InChI=1S/C14H11IO3/c1-18-13-7-6-9(8-12(13)15)10-4-2-3-5-11(10)14(16)17/h2-8H,1H3,(H,16,17). The van der Waals surface area contributed by atoms with Crippen molar-refractivity contribution in [2.75, 3.05) is 7.11 Å². The van der Waals surface area contributed by atoms with E-state index in [9.17, 15) is 9.90 Å². The predicted molar refractivity (Wildman–Crippen MR) is 78.1 cm³/mol. The van der Waals surface area contributed by atoms with Crippen LogP contribution in [0.5, 0.6) is 5.75 Å². The Hall–Kier alpha value is -1.56. The maximum absolute atomic E-state index is 11.2. The third-order valence-corrected chi connectivity index (χ3v) is 3.46. The van der Waals surface area contributed by atoms with E-state index in [-0.39, 0.29) is 0 Å². The first kappa shape index (κ1) is 12.9. The largest absolute Gasteiger partial charge is 0.496 e. The minimum absolute atomic E-state index is 0.304. The van der Waals surface area contributed by atoms with Crippen LogP contribution in [0.15, 0.2) is 42.5 Å².